The molecule has 1 aliphatic heterocycles. The molecule has 2 rings (SSSR count). The first kappa shape index (κ1) is 13.1. The van der Waals surface area contributed by atoms with E-state index in [4.69, 9.17) is 0 Å². The van der Waals surface area contributed by atoms with Gasteiger partial charge in [0.1, 0.15) is 0 Å². The fourth-order valence-corrected chi connectivity index (χ4v) is 2.57. The topological polar surface area (TPSA) is 46.1 Å². The molecule has 4 heteroatoms. The number of nitrogens with zero attached hydrogens (tertiary/aromatic N) is 3. The molecule has 2 heterocycles. The first-order valence-corrected chi connectivity index (χ1v) is 6.70. The predicted molar refractivity (Wildman–Crippen MR) is 70.4 cm³/mol. The summed E-state index contributed by atoms with van der Waals surface area (Å²) < 4.78 is 0. The fraction of sp³-hybridized carbons (Fsp3) is 0.643. The lowest BCUT2D eigenvalue weighted by atomic mass is 9.91. The van der Waals surface area contributed by atoms with Crippen molar-refractivity contribution in [3.05, 3.63) is 24.0 Å². The summed E-state index contributed by atoms with van der Waals surface area (Å²) in [5, 5.41) is 7.46. The van der Waals surface area contributed by atoms with Gasteiger partial charge in [-0.15, -0.1) is 0 Å². The lowest BCUT2D eigenvalue weighted by Crippen LogP contribution is -2.40. The number of hydrogen-bond donors (Lipinski definition) is 0. The third-order valence-electron chi connectivity index (χ3n) is 3.66. The normalized spacial score (nSPS) is 21.2. The number of Topliss-reactive ketones (excluding diaryl/α,β-unsaturated/α-hetero) is 1. The van der Waals surface area contributed by atoms with Crippen LogP contribution in [0.5, 0.6) is 0 Å². The van der Waals surface area contributed by atoms with Gasteiger partial charge in [-0.2, -0.15) is 10.2 Å². The molecule has 1 aliphatic rings. The Balaban J connectivity index is 1.91. The van der Waals surface area contributed by atoms with Gasteiger partial charge in [-0.25, -0.2) is 0 Å². The van der Waals surface area contributed by atoms with Crippen molar-refractivity contribution >= 4 is 5.78 Å². The van der Waals surface area contributed by atoms with Crippen LogP contribution in [0.3, 0.4) is 0 Å². The van der Waals surface area contributed by atoms with Crippen molar-refractivity contribution in [1.29, 1.82) is 0 Å². The standard InChI is InChI=1S/C14H21N3O/c1-11(2)17-7-3-4-12(10-17)8-14(18)13-5-6-15-16-9-13/h5-6,9,11-12H,3-4,7-8,10H2,1-2H3/t12-/m0/s1. The first-order valence-electron chi connectivity index (χ1n) is 6.70. The maximum absolute atomic E-state index is 12.1. The lowest BCUT2D eigenvalue weighted by molar-refractivity contribution is 0.0889. The average Bonchev–Trinajstić information content (AvgIpc) is 2.40. The average molecular weight is 247 g/mol. The van der Waals surface area contributed by atoms with Crippen molar-refractivity contribution in [1.82, 2.24) is 15.1 Å². The highest BCUT2D eigenvalue weighted by Gasteiger charge is 2.23. The molecule has 0 unspecified atom stereocenters. The third kappa shape index (κ3) is 3.35. The maximum atomic E-state index is 12.1. The number of piperidine rings is 1. The van der Waals surface area contributed by atoms with E-state index in [1.165, 1.54) is 13.0 Å². The van der Waals surface area contributed by atoms with Gasteiger partial charge in [0.25, 0.3) is 0 Å². The highest BCUT2D eigenvalue weighted by molar-refractivity contribution is 5.95. The van der Waals surface area contributed by atoms with E-state index in [1.807, 2.05) is 0 Å². The molecular weight excluding hydrogens is 226 g/mol. The zero-order valence-electron chi connectivity index (χ0n) is 11.2. The Morgan fingerprint density at radius 3 is 3.00 bits per heavy atom. The van der Waals surface area contributed by atoms with E-state index in [1.54, 1.807) is 18.5 Å². The second kappa shape index (κ2) is 6.05. The van der Waals surface area contributed by atoms with E-state index in [-0.39, 0.29) is 5.78 Å². The SMILES string of the molecule is CC(C)N1CCC[C@@H](CC(=O)c2ccnnc2)C1. The summed E-state index contributed by atoms with van der Waals surface area (Å²) in [4.78, 5) is 14.6. The lowest BCUT2D eigenvalue weighted by Gasteiger charge is -2.35. The fourth-order valence-electron chi connectivity index (χ4n) is 2.57. The van der Waals surface area contributed by atoms with Gasteiger partial charge in [0.2, 0.25) is 0 Å². The van der Waals surface area contributed by atoms with Crippen molar-refractivity contribution in [2.75, 3.05) is 13.1 Å². The molecule has 0 aliphatic carbocycles. The Hall–Kier alpha value is -1.29. The Bertz CT molecular complexity index is 391. The molecule has 1 atom stereocenters. The zero-order valence-corrected chi connectivity index (χ0v) is 11.2. The van der Waals surface area contributed by atoms with Crippen LogP contribution in [0.15, 0.2) is 18.5 Å². The predicted octanol–water partition coefficient (Wildman–Crippen LogP) is 2.17. The van der Waals surface area contributed by atoms with Crippen molar-refractivity contribution in [3.63, 3.8) is 0 Å². The summed E-state index contributed by atoms with van der Waals surface area (Å²) in [6.07, 6.45) is 6.13. The van der Waals surface area contributed by atoms with Crippen LogP contribution in [0, 0.1) is 5.92 Å². The smallest absolute Gasteiger partial charge is 0.164 e. The van der Waals surface area contributed by atoms with Crippen LogP contribution in [0.25, 0.3) is 0 Å². The highest BCUT2D eigenvalue weighted by Crippen LogP contribution is 2.22. The van der Waals surface area contributed by atoms with Crippen molar-refractivity contribution in [2.45, 2.75) is 39.2 Å². The minimum absolute atomic E-state index is 0.195. The monoisotopic (exact) mass is 247 g/mol. The van der Waals surface area contributed by atoms with E-state index >= 15 is 0 Å². The molecule has 0 bridgehead atoms. The molecule has 1 aromatic rings. The molecule has 4 nitrogen and oxygen atoms in total. The molecule has 0 radical (unpaired) electrons. The molecule has 98 valence electrons. The number of rotatable bonds is 4. The van der Waals surface area contributed by atoms with Crippen LogP contribution in [-0.4, -0.2) is 40.0 Å². The third-order valence-corrected chi connectivity index (χ3v) is 3.66. The van der Waals surface area contributed by atoms with Gasteiger partial charge in [0, 0.05) is 24.6 Å². The summed E-state index contributed by atoms with van der Waals surface area (Å²) in [6, 6.07) is 2.32. The number of carbonyl (C=O) groups excluding carboxylic acids is 1. The van der Waals surface area contributed by atoms with Gasteiger partial charge >= 0.3 is 0 Å². The Kier molecular flexibility index (Phi) is 4.42. The van der Waals surface area contributed by atoms with Gasteiger partial charge in [-0.05, 0) is 45.2 Å². The molecule has 1 fully saturated rings. The largest absolute Gasteiger partial charge is 0.301 e. The Morgan fingerprint density at radius 2 is 2.33 bits per heavy atom. The molecule has 1 saturated heterocycles. The van der Waals surface area contributed by atoms with Crippen molar-refractivity contribution in [3.8, 4) is 0 Å². The summed E-state index contributed by atoms with van der Waals surface area (Å²) in [5.41, 5.74) is 0.687. The van der Waals surface area contributed by atoms with Crippen molar-refractivity contribution < 1.29 is 4.79 Å². The summed E-state index contributed by atoms with van der Waals surface area (Å²) in [7, 11) is 0. The van der Waals surface area contributed by atoms with Gasteiger partial charge in [-0.1, -0.05) is 0 Å². The second-order valence-electron chi connectivity index (χ2n) is 5.36. The van der Waals surface area contributed by atoms with Crippen molar-refractivity contribution in [2.24, 2.45) is 5.92 Å². The second-order valence-corrected chi connectivity index (χ2v) is 5.36. The molecule has 0 N–H and O–H groups in total. The maximum Gasteiger partial charge on any atom is 0.164 e. The molecule has 0 aromatic carbocycles. The Morgan fingerprint density at radius 1 is 1.50 bits per heavy atom. The van der Waals surface area contributed by atoms with E-state index in [2.05, 4.69) is 28.9 Å². The zero-order chi connectivity index (χ0) is 13.0. The van der Waals surface area contributed by atoms with Gasteiger partial charge in [-0.3, -0.25) is 4.79 Å². The van der Waals surface area contributed by atoms with Crippen LogP contribution in [0.2, 0.25) is 0 Å². The summed E-state index contributed by atoms with van der Waals surface area (Å²) in [6.45, 7) is 6.65. The van der Waals surface area contributed by atoms with Crippen LogP contribution < -0.4 is 0 Å². The first-order chi connectivity index (χ1) is 8.66. The molecular formula is C14H21N3O. The van der Waals surface area contributed by atoms with Gasteiger partial charge in [0.15, 0.2) is 5.78 Å². The van der Waals surface area contributed by atoms with Gasteiger partial charge in [0.05, 0.1) is 12.4 Å². The number of ketones is 1. The van der Waals surface area contributed by atoms with E-state index in [0.717, 1.165) is 13.0 Å². The number of aromatic nitrogens is 2. The molecule has 1 aromatic heterocycles. The Labute approximate surface area is 108 Å². The number of likely N-dealkylation sites (tertiary alicyclic amines) is 1. The number of carbonyl (C=O) groups is 1. The number of hydrogen-bond acceptors (Lipinski definition) is 4. The van der Waals surface area contributed by atoms with E-state index in [0.29, 0.717) is 23.9 Å². The molecule has 0 saturated carbocycles. The quantitative estimate of drug-likeness (QED) is 0.765. The molecule has 0 spiro atoms. The van der Waals surface area contributed by atoms with Gasteiger partial charge < -0.3 is 4.90 Å². The van der Waals surface area contributed by atoms with E-state index < -0.39 is 0 Å². The minimum atomic E-state index is 0.195. The summed E-state index contributed by atoms with van der Waals surface area (Å²) in [5.74, 6) is 0.683. The molecule has 18 heavy (non-hydrogen) atoms. The van der Waals surface area contributed by atoms with Crippen LogP contribution in [0.1, 0.15) is 43.5 Å². The van der Waals surface area contributed by atoms with Crippen LogP contribution >= 0.6 is 0 Å². The van der Waals surface area contributed by atoms with Crippen LogP contribution in [0.4, 0.5) is 0 Å². The minimum Gasteiger partial charge on any atom is -0.301 e. The highest BCUT2D eigenvalue weighted by atomic mass is 16.1. The van der Waals surface area contributed by atoms with Crippen LogP contribution in [-0.2, 0) is 0 Å². The summed E-state index contributed by atoms with van der Waals surface area (Å²) >= 11 is 0. The van der Waals surface area contributed by atoms with E-state index in [9.17, 15) is 4.79 Å². The molecule has 0 amide bonds.